The van der Waals surface area contributed by atoms with Crippen molar-refractivity contribution in [2.45, 2.75) is 44.2 Å². The molecule has 2 saturated heterocycles. The Hall–Kier alpha value is -3.95. The number of carbonyl (C=O) groups is 3. The van der Waals surface area contributed by atoms with Crippen molar-refractivity contribution in [1.29, 1.82) is 0 Å². The Morgan fingerprint density at radius 2 is 1.44 bits per heavy atom. The molecule has 216 valence electrons. The zero-order valence-electron chi connectivity index (χ0n) is 22.8. The van der Waals surface area contributed by atoms with Gasteiger partial charge in [-0.1, -0.05) is 12.1 Å². The molecule has 10 heteroatoms. The lowest BCUT2D eigenvalue weighted by Gasteiger charge is -2.29. The molecule has 4 N–H and O–H groups in total. The van der Waals surface area contributed by atoms with Gasteiger partial charge in [0.2, 0.25) is 0 Å². The second-order valence-corrected chi connectivity index (χ2v) is 10.4. The van der Waals surface area contributed by atoms with Crippen LogP contribution in [-0.2, 0) is 0 Å². The van der Waals surface area contributed by atoms with Gasteiger partial charge in [0.05, 0.1) is 17.6 Å². The number of aromatic nitrogens is 1. The number of benzene rings is 2. The van der Waals surface area contributed by atoms with Gasteiger partial charge in [-0.2, -0.15) is 0 Å². The number of phenolic OH excluding ortho intramolecular Hbond substituents is 1. The predicted octanol–water partition coefficient (Wildman–Crippen LogP) is 3.71. The summed E-state index contributed by atoms with van der Waals surface area (Å²) in [6.07, 6.45) is 8.15. The topological polar surface area (TPSA) is 124 Å². The highest BCUT2D eigenvalue weighted by Gasteiger charge is 2.27. The quantitative estimate of drug-likeness (QED) is 0.316. The van der Waals surface area contributed by atoms with Crippen LogP contribution in [0.2, 0.25) is 0 Å². The number of ketones is 1. The van der Waals surface area contributed by atoms with Gasteiger partial charge in [0.15, 0.2) is 5.78 Å². The fourth-order valence-corrected chi connectivity index (χ4v) is 5.36. The highest BCUT2D eigenvalue weighted by atomic mass is 35.5. The molecular formula is C31H36ClN5O4. The summed E-state index contributed by atoms with van der Waals surface area (Å²) in [6.45, 7) is 3.22. The maximum atomic E-state index is 13.3. The highest BCUT2D eigenvalue weighted by molar-refractivity contribution is 6.11. The number of hydrogen-bond acceptors (Lipinski definition) is 7. The SMILES string of the molecule is Cl.O=C(N[C@@H]1CCCNC[C@H]1NC(=O)c1ccncc1)c1ccc(C(=O)c2cc(N3CCCCC3)ccc2O)cc1. The van der Waals surface area contributed by atoms with Crippen LogP contribution in [-0.4, -0.2) is 66.0 Å². The molecule has 0 unspecified atom stereocenters. The Labute approximate surface area is 246 Å². The third kappa shape index (κ3) is 7.42. The van der Waals surface area contributed by atoms with Gasteiger partial charge in [-0.05, 0) is 81.1 Å². The van der Waals surface area contributed by atoms with Gasteiger partial charge < -0.3 is 26.0 Å². The number of nitrogens with one attached hydrogen (secondary N) is 3. The number of pyridine rings is 1. The summed E-state index contributed by atoms with van der Waals surface area (Å²) in [5, 5.41) is 19.9. The first-order valence-electron chi connectivity index (χ1n) is 13.9. The van der Waals surface area contributed by atoms with E-state index in [9.17, 15) is 19.5 Å². The summed E-state index contributed by atoms with van der Waals surface area (Å²) in [6, 6.07) is 14.4. The van der Waals surface area contributed by atoms with Crippen LogP contribution in [0.4, 0.5) is 5.69 Å². The minimum absolute atomic E-state index is 0. The molecule has 2 atom stereocenters. The van der Waals surface area contributed by atoms with Crippen molar-refractivity contribution >= 4 is 35.7 Å². The van der Waals surface area contributed by atoms with Crippen molar-refractivity contribution in [1.82, 2.24) is 20.9 Å². The predicted molar refractivity (Wildman–Crippen MR) is 160 cm³/mol. The molecule has 0 aliphatic carbocycles. The molecule has 3 aromatic rings. The van der Waals surface area contributed by atoms with Gasteiger partial charge >= 0.3 is 0 Å². The molecule has 5 rings (SSSR count). The fourth-order valence-electron chi connectivity index (χ4n) is 5.36. The second-order valence-electron chi connectivity index (χ2n) is 10.4. The number of rotatable bonds is 7. The van der Waals surface area contributed by atoms with Crippen LogP contribution >= 0.6 is 12.4 Å². The lowest BCUT2D eigenvalue weighted by Crippen LogP contribution is -2.54. The number of amides is 2. The molecule has 0 bridgehead atoms. The van der Waals surface area contributed by atoms with E-state index in [0.717, 1.165) is 44.6 Å². The van der Waals surface area contributed by atoms with E-state index in [0.29, 0.717) is 29.7 Å². The van der Waals surface area contributed by atoms with Gasteiger partial charge in [-0.25, -0.2) is 0 Å². The number of carbonyl (C=O) groups excluding carboxylic acids is 3. The van der Waals surface area contributed by atoms with Gasteiger partial charge in [-0.3, -0.25) is 19.4 Å². The van der Waals surface area contributed by atoms with Crippen molar-refractivity contribution in [2.75, 3.05) is 31.1 Å². The summed E-state index contributed by atoms with van der Waals surface area (Å²) in [5.74, 6) is -0.846. The number of phenols is 1. The smallest absolute Gasteiger partial charge is 0.251 e. The average molecular weight is 578 g/mol. The normalized spacial score (nSPS) is 18.9. The van der Waals surface area contributed by atoms with E-state index in [1.807, 2.05) is 6.07 Å². The van der Waals surface area contributed by atoms with Crippen molar-refractivity contribution in [3.63, 3.8) is 0 Å². The van der Waals surface area contributed by atoms with Crippen LogP contribution in [0.5, 0.6) is 5.75 Å². The first-order chi connectivity index (χ1) is 19.5. The van der Waals surface area contributed by atoms with Crippen LogP contribution < -0.4 is 20.9 Å². The third-order valence-electron chi connectivity index (χ3n) is 7.65. The molecule has 2 aromatic carbocycles. The number of nitrogens with zero attached hydrogens (tertiary/aromatic N) is 2. The van der Waals surface area contributed by atoms with Crippen LogP contribution in [0.25, 0.3) is 0 Å². The molecule has 0 saturated carbocycles. The number of hydrogen-bond donors (Lipinski definition) is 4. The van der Waals surface area contributed by atoms with Gasteiger partial charge in [0.25, 0.3) is 11.8 Å². The first kappa shape index (κ1) is 30.0. The number of aromatic hydroxyl groups is 1. The van der Waals surface area contributed by atoms with Crippen LogP contribution in [0.1, 0.15) is 68.7 Å². The average Bonchev–Trinajstić information content (AvgIpc) is 3.22. The Bertz CT molecular complexity index is 1350. The molecular weight excluding hydrogens is 542 g/mol. The molecule has 9 nitrogen and oxygen atoms in total. The standard InChI is InChI=1S/C31H35N5O4.ClH/c37-28-11-10-24(36-17-2-1-3-18-36)19-25(28)29(38)21-6-8-22(9-7-21)30(39)34-26-5-4-14-33-20-27(26)35-31(40)23-12-15-32-16-13-23;/h6-13,15-16,19,26-27,33,37H,1-5,14,17-18,20H2,(H,34,39)(H,35,40);1H/t26-,27-;/m1./s1. The summed E-state index contributed by atoms with van der Waals surface area (Å²) >= 11 is 0. The molecule has 1 aromatic heterocycles. The van der Waals surface area contributed by atoms with Crippen LogP contribution in [0, 0.1) is 0 Å². The monoisotopic (exact) mass is 577 g/mol. The zero-order valence-corrected chi connectivity index (χ0v) is 23.7. The van der Waals surface area contributed by atoms with E-state index in [4.69, 9.17) is 0 Å². The Balaban J connectivity index is 0.00000387. The van der Waals surface area contributed by atoms with E-state index < -0.39 is 0 Å². The molecule has 3 heterocycles. The summed E-state index contributed by atoms with van der Waals surface area (Å²) < 4.78 is 0. The zero-order chi connectivity index (χ0) is 27.9. The lowest BCUT2D eigenvalue weighted by atomic mass is 9.99. The van der Waals surface area contributed by atoms with Gasteiger partial charge in [-0.15, -0.1) is 12.4 Å². The van der Waals surface area contributed by atoms with E-state index in [-0.39, 0.29) is 53.4 Å². The summed E-state index contributed by atoms with van der Waals surface area (Å²) in [4.78, 5) is 45.4. The molecule has 2 fully saturated rings. The largest absolute Gasteiger partial charge is 0.507 e. The molecule has 0 spiro atoms. The number of piperidine rings is 1. The minimum Gasteiger partial charge on any atom is -0.507 e. The Morgan fingerprint density at radius 1 is 0.805 bits per heavy atom. The van der Waals surface area contributed by atoms with Crippen molar-refractivity contribution in [3.05, 3.63) is 89.2 Å². The Kier molecular flexibility index (Phi) is 10.3. The second kappa shape index (κ2) is 14.1. The van der Waals surface area contributed by atoms with Crippen molar-refractivity contribution in [3.8, 4) is 5.75 Å². The summed E-state index contributed by atoms with van der Waals surface area (Å²) in [5.41, 5.74) is 2.50. The first-order valence-corrected chi connectivity index (χ1v) is 13.9. The molecule has 2 aliphatic heterocycles. The van der Waals surface area contributed by atoms with Crippen LogP contribution in [0.3, 0.4) is 0 Å². The third-order valence-corrected chi connectivity index (χ3v) is 7.65. The lowest BCUT2D eigenvalue weighted by molar-refractivity contribution is 0.0882. The van der Waals surface area contributed by atoms with E-state index in [2.05, 4.69) is 25.8 Å². The Morgan fingerprint density at radius 3 is 2.15 bits per heavy atom. The van der Waals surface area contributed by atoms with E-state index in [1.54, 1.807) is 60.9 Å². The number of halogens is 1. The molecule has 2 amide bonds. The molecule has 0 radical (unpaired) electrons. The minimum atomic E-state index is -0.294. The van der Waals surface area contributed by atoms with Crippen molar-refractivity contribution < 1.29 is 19.5 Å². The van der Waals surface area contributed by atoms with Crippen molar-refractivity contribution in [2.24, 2.45) is 0 Å². The fraction of sp³-hybridized carbons (Fsp3) is 0.355. The van der Waals surface area contributed by atoms with E-state index in [1.165, 1.54) is 6.42 Å². The molecule has 41 heavy (non-hydrogen) atoms. The van der Waals surface area contributed by atoms with Crippen LogP contribution in [0.15, 0.2) is 67.0 Å². The maximum Gasteiger partial charge on any atom is 0.251 e. The van der Waals surface area contributed by atoms with E-state index >= 15 is 0 Å². The highest BCUT2D eigenvalue weighted by Crippen LogP contribution is 2.28. The van der Waals surface area contributed by atoms with Gasteiger partial charge in [0.1, 0.15) is 5.75 Å². The number of anilines is 1. The maximum absolute atomic E-state index is 13.3. The molecule has 2 aliphatic rings. The summed E-state index contributed by atoms with van der Waals surface area (Å²) in [7, 11) is 0. The van der Waals surface area contributed by atoms with Gasteiger partial charge in [0, 0.05) is 54.4 Å².